The molecule has 0 spiro atoms. The molecule has 0 amide bonds. The zero-order valence-corrected chi connectivity index (χ0v) is 15.8. The highest BCUT2D eigenvalue weighted by molar-refractivity contribution is 5.67. The summed E-state index contributed by atoms with van der Waals surface area (Å²) in [5.41, 5.74) is 8.06. The van der Waals surface area contributed by atoms with Gasteiger partial charge in [0.25, 0.3) is 0 Å². The van der Waals surface area contributed by atoms with Gasteiger partial charge in [0.15, 0.2) is 0 Å². The van der Waals surface area contributed by atoms with Crippen molar-refractivity contribution in [2.75, 3.05) is 11.1 Å². The predicted molar refractivity (Wildman–Crippen MR) is 109 cm³/mol. The van der Waals surface area contributed by atoms with Crippen molar-refractivity contribution in [1.82, 2.24) is 19.9 Å². The van der Waals surface area contributed by atoms with Gasteiger partial charge in [-0.1, -0.05) is 30.3 Å². The second-order valence-corrected chi connectivity index (χ2v) is 6.33. The van der Waals surface area contributed by atoms with E-state index < -0.39 is 12.0 Å². The molecule has 0 radical (unpaired) electrons. The maximum Gasteiger partial charge on any atom is 0.451 e. The molecule has 4 rings (SSSR count). The Morgan fingerprint density at radius 1 is 0.871 bits per heavy atom. The summed E-state index contributed by atoms with van der Waals surface area (Å²) in [6.07, 6.45) is -3.66. The molecular weight excluding hydrogens is 409 g/mol. The van der Waals surface area contributed by atoms with E-state index in [1.807, 2.05) is 30.3 Å². The molecule has 10 heteroatoms. The van der Waals surface area contributed by atoms with Gasteiger partial charge in [0, 0.05) is 29.6 Å². The number of nitrogens with two attached hydrogens (primary N) is 1. The molecule has 0 fully saturated rings. The Bertz CT molecular complexity index is 1180. The molecule has 0 bridgehead atoms. The summed E-state index contributed by atoms with van der Waals surface area (Å²) in [6, 6.07) is 19.1. The molecule has 0 aliphatic carbocycles. The Hall–Kier alpha value is -4.21. The first-order valence-corrected chi connectivity index (χ1v) is 9.02. The van der Waals surface area contributed by atoms with Crippen LogP contribution in [0.2, 0.25) is 0 Å². The Morgan fingerprint density at radius 3 is 2.32 bits per heavy atom. The molecule has 0 aliphatic rings. The van der Waals surface area contributed by atoms with Gasteiger partial charge >= 0.3 is 6.18 Å². The first-order valence-electron chi connectivity index (χ1n) is 9.02. The number of nitrogens with zero attached hydrogens (tertiary/aromatic N) is 4. The number of alkyl halides is 3. The van der Waals surface area contributed by atoms with Crippen molar-refractivity contribution in [1.29, 1.82) is 0 Å². The molecule has 0 atom stereocenters. The highest BCUT2D eigenvalue weighted by Crippen LogP contribution is 2.29. The van der Waals surface area contributed by atoms with E-state index >= 15 is 0 Å². The van der Waals surface area contributed by atoms with Gasteiger partial charge in [-0.25, -0.2) is 9.97 Å². The molecule has 2 aromatic heterocycles. The van der Waals surface area contributed by atoms with E-state index in [9.17, 15) is 13.2 Å². The van der Waals surface area contributed by atoms with Crippen molar-refractivity contribution in [2.45, 2.75) is 6.18 Å². The number of nitrogen functional groups attached to an aromatic ring is 1. The zero-order chi connectivity index (χ0) is 21.8. The smallest absolute Gasteiger partial charge is 0.439 e. The fourth-order valence-electron chi connectivity index (χ4n) is 2.70. The monoisotopic (exact) mass is 424 g/mol. The molecule has 4 aromatic rings. The molecule has 3 N–H and O–H groups in total. The molecule has 2 heterocycles. The zero-order valence-electron chi connectivity index (χ0n) is 15.8. The first kappa shape index (κ1) is 20.1. The van der Waals surface area contributed by atoms with Gasteiger partial charge in [-0.05, 0) is 24.3 Å². The van der Waals surface area contributed by atoms with Crippen LogP contribution in [0.3, 0.4) is 0 Å². The van der Waals surface area contributed by atoms with Gasteiger partial charge in [0.1, 0.15) is 11.6 Å². The molecule has 156 valence electrons. The number of hydrogen-bond donors (Lipinski definition) is 2. The molecule has 31 heavy (non-hydrogen) atoms. The fourth-order valence-corrected chi connectivity index (χ4v) is 2.70. The Balaban J connectivity index is 1.49. The molecule has 2 aromatic carbocycles. The molecule has 0 unspecified atom stereocenters. The van der Waals surface area contributed by atoms with E-state index in [-0.39, 0.29) is 11.8 Å². The van der Waals surface area contributed by atoms with Crippen molar-refractivity contribution < 1.29 is 17.9 Å². The maximum absolute atomic E-state index is 12.7. The standard InChI is InChI=1S/C21H15F3N6O/c22-21(23,24)19-26-11-10-18(30-19)31-15-8-6-14(7-9-15)27-17-12-16(28-20(25)29-17)13-4-2-1-3-5-13/h1-12H,(H3,25,27,28,29). The normalized spacial score (nSPS) is 11.2. The lowest BCUT2D eigenvalue weighted by atomic mass is 10.1. The Morgan fingerprint density at radius 2 is 1.61 bits per heavy atom. The van der Waals surface area contributed by atoms with Gasteiger partial charge < -0.3 is 15.8 Å². The molecule has 0 saturated carbocycles. The lowest BCUT2D eigenvalue weighted by Crippen LogP contribution is -2.10. The van der Waals surface area contributed by atoms with E-state index in [2.05, 4.69) is 25.3 Å². The highest BCUT2D eigenvalue weighted by Gasteiger charge is 2.34. The van der Waals surface area contributed by atoms with Crippen molar-refractivity contribution in [3.8, 4) is 22.9 Å². The Kier molecular flexibility index (Phi) is 5.35. The van der Waals surface area contributed by atoms with Crippen LogP contribution in [0.4, 0.5) is 30.6 Å². The van der Waals surface area contributed by atoms with Gasteiger partial charge in [-0.15, -0.1) is 0 Å². The first-order chi connectivity index (χ1) is 14.9. The average molecular weight is 424 g/mol. The quantitative estimate of drug-likeness (QED) is 0.461. The number of nitrogens with one attached hydrogen (secondary N) is 1. The fraction of sp³-hybridized carbons (Fsp3) is 0.0476. The van der Waals surface area contributed by atoms with Crippen molar-refractivity contribution >= 4 is 17.5 Å². The number of ether oxygens (including phenoxy) is 1. The summed E-state index contributed by atoms with van der Waals surface area (Å²) >= 11 is 0. The molecular formula is C21H15F3N6O. The van der Waals surface area contributed by atoms with Crippen LogP contribution in [0.5, 0.6) is 11.6 Å². The third-order valence-electron chi connectivity index (χ3n) is 4.05. The van der Waals surface area contributed by atoms with E-state index in [0.717, 1.165) is 11.8 Å². The lowest BCUT2D eigenvalue weighted by molar-refractivity contribution is -0.145. The van der Waals surface area contributed by atoms with Crippen LogP contribution in [-0.2, 0) is 6.18 Å². The second kappa shape index (κ2) is 8.27. The molecule has 7 nitrogen and oxygen atoms in total. The van der Waals surface area contributed by atoms with Gasteiger partial charge in [-0.2, -0.15) is 23.1 Å². The second-order valence-electron chi connectivity index (χ2n) is 6.33. The SMILES string of the molecule is Nc1nc(Nc2ccc(Oc3ccnc(C(F)(F)F)n3)cc2)cc(-c2ccccc2)n1. The van der Waals surface area contributed by atoms with Crippen molar-refractivity contribution in [3.63, 3.8) is 0 Å². The van der Waals surface area contributed by atoms with Crippen molar-refractivity contribution in [2.24, 2.45) is 0 Å². The average Bonchev–Trinajstić information content (AvgIpc) is 2.75. The van der Waals surface area contributed by atoms with Crippen LogP contribution in [0.25, 0.3) is 11.3 Å². The third kappa shape index (κ3) is 5.04. The summed E-state index contributed by atoms with van der Waals surface area (Å²) in [4.78, 5) is 15.0. The van der Waals surface area contributed by atoms with Crippen LogP contribution in [0, 0.1) is 0 Å². The minimum atomic E-state index is -4.65. The van der Waals surface area contributed by atoms with Gasteiger partial charge in [0.05, 0.1) is 5.69 Å². The summed E-state index contributed by atoms with van der Waals surface area (Å²) in [5.74, 6) is -0.554. The number of rotatable bonds is 5. The number of aromatic nitrogens is 4. The van der Waals surface area contributed by atoms with Crippen LogP contribution >= 0.6 is 0 Å². The largest absolute Gasteiger partial charge is 0.451 e. The summed E-state index contributed by atoms with van der Waals surface area (Å²) in [5, 5.41) is 3.11. The summed E-state index contributed by atoms with van der Waals surface area (Å²) in [7, 11) is 0. The number of halogens is 3. The lowest BCUT2D eigenvalue weighted by Gasteiger charge is -2.10. The predicted octanol–water partition coefficient (Wildman–Crippen LogP) is 5.07. The van der Waals surface area contributed by atoms with E-state index in [1.165, 1.54) is 6.07 Å². The van der Waals surface area contributed by atoms with Crippen LogP contribution < -0.4 is 15.8 Å². The minimum Gasteiger partial charge on any atom is -0.439 e. The Labute approximate surface area is 174 Å². The minimum absolute atomic E-state index is 0.119. The molecule has 0 saturated heterocycles. The number of hydrogen-bond acceptors (Lipinski definition) is 7. The van der Waals surface area contributed by atoms with Crippen LogP contribution in [0.1, 0.15) is 5.82 Å². The highest BCUT2D eigenvalue weighted by atomic mass is 19.4. The summed E-state index contributed by atoms with van der Waals surface area (Å²) < 4.78 is 43.6. The van der Waals surface area contributed by atoms with Crippen LogP contribution in [-0.4, -0.2) is 19.9 Å². The topological polar surface area (TPSA) is 98.8 Å². The van der Waals surface area contributed by atoms with Crippen molar-refractivity contribution in [3.05, 3.63) is 78.8 Å². The number of benzene rings is 2. The summed E-state index contributed by atoms with van der Waals surface area (Å²) in [6.45, 7) is 0. The van der Waals surface area contributed by atoms with E-state index in [1.54, 1.807) is 30.3 Å². The van der Waals surface area contributed by atoms with E-state index in [0.29, 0.717) is 22.9 Å². The van der Waals surface area contributed by atoms with Gasteiger partial charge in [0.2, 0.25) is 17.7 Å². The van der Waals surface area contributed by atoms with Gasteiger partial charge in [-0.3, -0.25) is 0 Å². The van der Waals surface area contributed by atoms with E-state index in [4.69, 9.17) is 10.5 Å². The third-order valence-corrected chi connectivity index (χ3v) is 4.05. The van der Waals surface area contributed by atoms with Crippen LogP contribution in [0.15, 0.2) is 72.9 Å². The number of anilines is 3. The molecule has 0 aliphatic heterocycles. The maximum atomic E-state index is 12.7.